The molecule has 0 radical (unpaired) electrons. The molecule has 4 rings (SSSR count). The summed E-state index contributed by atoms with van der Waals surface area (Å²) >= 11 is 1.34. The molecular formula is C29H40FN3O4S. The number of thioether (sulfide) groups is 1. The van der Waals surface area contributed by atoms with Gasteiger partial charge in [-0.25, -0.2) is 9.18 Å². The van der Waals surface area contributed by atoms with Gasteiger partial charge in [0.25, 0.3) is 0 Å². The number of halogens is 1. The van der Waals surface area contributed by atoms with E-state index in [9.17, 15) is 18.8 Å². The van der Waals surface area contributed by atoms with E-state index in [1.165, 1.54) is 17.8 Å². The average Bonchev–Trinajstić information content (AvgIpc) is 3.70. The molecule has 2 atom stereocenters. The lowest BCUT2D eigenvalue weighted by molar-refractivity contribution is -0.126. The molecule has 0 bridgehead atoms. The van der Waals surface area contributed by atoms with Crippen molar-refractivity contribution in [1.29, 1.82) is 0 Å². The van der Waals surface area contributed by atoms with Crippen LogP contribution in [-0.2, 0) is 14.3 Å². The van der Waals surface area contributed by atoms with Crippen molar-refractivity contribution in [3.63, 3.8) is 0 Å². The topological polar surface area (TPSA) is 70.2 Å². The molecule has 0 spiro atoms. The van der Waals surface area contributed by atoms with Gasteiger partial charge in [0.05, 0.1) is 6.04 Å². The Hall–Kier alpha value is -2.23. The van der Waals surface area contributed by atoms with E-state index in [-0.39, 0.29) is 34.0 Å². The van der Waals surface area contributed by atoms with Crippen LogP contribution in [0.2, 0.25) is 0 Å². The Morgan fingerprint density at radius 2 is 1.76 bits per heavy atom. The molecular weight excluding hydrogens is 505 g/mol. The van der Waals surface area contributed by atoms with E-state index in [1.54, 1.807) is 30.0 Å². The summed E-state index contributed by atoms with van der Waals surface area (Å²) in [5.74, 6) is -0.233. The first-order valence-electron chi connectivity index (χ1n) is 13.6. The molecule has 7 nitrogen and oxygen atoms in total. The molecule has 2 aliphatic heterocycles. The van der Waals surface area contributed by atoms with Crippen LogP contribution in [0.1, 0.15) is 58.6 Å². The van der Waals surface area contributed by atoms with Gasteiger partial charge in [-0.05, 0) is 51.7 Å². The normalized spacial score (nSPS) is 23.3. The van der Waals surface area contributed by atoms with Gasteiger partial charge in [-0.3, -0.25) is 19.4 Å². The Labute approximate surface area is 229 Å². The van der Waals surface area contributed by atoms with Gasteiger partial charge in [-0.1, -0.05) is 36.0 Å². The number of carbonyl (C=O) groups is 3. The number of nitrogens with zero attached hydrogens (tertiary/aromatic N) is 3. The molecule has 2 unspecified atom stereocenters. The number of likely N-dealkylation sites (tertiary alicyclic amines) is 1. The Morgan fingerprint density at radius 1 is 1.08 bits per heavy atom. The fourth-order valence-electron chi connectivity index (χ4n) is 5.14. The molecule has 3 aliphatic rings. The lowest BCUT2D eigenvalue weighted by Crippen LogP contribution is -2.50. The summed E-state index contributed by atoms with van der Waals surface area (Å²) in [6.07, 6.45) is 4.37. The maximum Gasteiger partial charge on any atom is 0.410 e. The molecule has 0 aromatic heterocycles. The standard InChI is InChI=1S/C29H40FN3O4S/c1-20(34)38-25-12-14-33(26(27(35)21-9-10-21)23-7-5-6-8-24(23)30)19-22(25)11-13-31-15-17-32(18-16-31)28(36)37-29(2,3)4/h5-8,11,21,25-26H,9-10,12-19H2,1-4H3/b22-11-. The number of ketones is 1. The first-order valence-corrected chi connectivity index (χ1v) is 14.5. The fraction of sp³-hybridized carbons (Fsp3) is 0.621. The van der Waals surface area contributed by atoms with Gasteiger partial charge in [0.15, 0.2) is 10.9 Å². The summed E-state index contributed by atoms with van der Waals surface area (Å²) in [5.41, 5.74) is 1.03. The molecule has 1 saturated carbocycles. The van der Waals surface area contributed by atoms with Crippen LogP contribution in [0.15, 0.2) is 35.9 Å². The molecule has 1 aromatic rings. The Balaban J connectivity index is 1.46. The molecule has 3 fully saturated rings. The third-order valence-corrected chi connectivity index (χ3v) is 8.39. The maximum atomic E-state index is 14.9. The zero-order chi connectivity index (χ0) is 27.4. The quantitative estimate of drug-likeness (QED) is 0.461. The highest BCUT2D eigenvalue weighted by atomic mass is 32.2. The predicted octanol–water partition coefficient (Wildman–Crippen LogP) is 4.68. The fourth-order valence-corrected chi connectivity index (χ4v) is 6.08. The lowest BCUT2D eigenvalue weighted by Gasteiger charge is -2.39. The van der Waals surface area contributed by atoms with Crippen molar-refractivity contribution >= 4 is 28.8 Å². The number of hydrogen-bond acceptors (Lipinski definition) is 7. The van der Waals surface area contributed by atoms with Crippen molar-refractivity contribution in [2.75, 3.05) is 45.8 Å². The number of carbonyl (C=O) groups excluding carboxylic acids is 3. The molecule has 9 heteroatoms. The van der Waals surface area contributed by atoms with E-state index < -0.39 is 11.6 Å². The highest BCUT2D eigenvalue weighted by Gasteiger charge is 2.41. The second kappa shape index (κ2) is 12.3. The van der Waals surface area contributed by atoms with E-state index in [2.05, 4.69) is 15.9 Å². The van der Waals surface area contributed by atoms with Crippen molar-refractivity contribution in [2.24, 2.45) is 5.92 Å². The number of amides is 1. The van der Waals surface area contributed by atoms with Crippen molar-refractivity contribution in [3.8, 4) is 0 Å². The maximum absolute atomic E-state index is 14.9. The Morgan fingerprint density at radius 3 is 2.37 bits per heavy atom. The SMILES string of the molecule is CC(=O)SC1CCN(C(C(=O)C2CC2)c2ccccc2F)C/C1=C/CN1CCN(C(=O)OC(C)(C)C)CC1. The first-order chi connectivity index (χ1) is 18.0. The zero-order valence-electron chi connectivity index (χ0n) is 23.0. The van der Waals surface area contributed by atoms with Crippen LogP contribution < -0.4 is 0 Å². The Kier molecular flexibility index (Phi) is 9.31. The number of piperidine rings is 1. The first kappa shape index (κ1) is 28.8. The number of benzene rings is 1. The predicted molar refractivity (Wildman–Crippen MR) is 147 cm³/mol. The van der Waals surface area contributed by atoms with E-state index in [0.29, 0.717) is 38.3 Å². The third-order valence-electron chi connectivity index (χ3n) is 7.24. The van der Waals surface area contributed by atoms with Crippen LogP contribution >= 0.6 is 11.8 Å². The number of Topliss-reactive ketones (excluding diaryl/α,β-unsaturated/α-hetero) is 1. The number of rotatable bonds is 7. The molecule has 38 heavy (non-hydrogen) atoms. The van der Waals surface area contributed by atoms with Gasteiger partial charge in [0, 0.05) is 69.5 Å². The molecule has 1 amide bonds. The van der Waals surface area contributed by atoms with Gasteiger partial charge in [-0.2, -0.15) is 0 Å². The molecule has 208 valence electrons. The summed E-state index contributed by atoms with van der Waals surface area (Å²) in [4.78, 5) is 43.9. The minimum absolute atomic E-state index is 0.0117. The van der Waals surface area contributed by atoms with Crippen LogP contribution in [-0.4, -0.2) is 88.4 Å². The average molecular weight is 546 g/mol. The summed E-state index contributed by atoms with van der Waals surface area (Å²) < 4.78 is 20.4. The lowest BCUT2D eigenvalue weighted by atomic mass is 9.93. The molecule has 2 saturated heterocycles. The number of ether oxygens (including phenoxy) is 1. The molecule has 2 heterocycles. The minimum atomic E-state index is -0.604. The van der Waals surface area contributed by atoms with E-state index in [4.69, 9.17) is 4.74 Å². The molecule has 1 aliphatic carbocycles. The largest absolute Gasteiger partial charge is 0.444 e. The monoisotopic (exact) mass is 545 g/mol. The van der Waals surface area contributed by atoms with Crippen molar-refractivity contribution in [3.05, 3.63) is 47.3 Å². The van der Waals surface area contributed by atoms with Gasteiger partial charge in [0.1, 0.15) is 11.4 Å². The molecule has 0 N–H and O–H groups in total. The van der Waals surface area contributed by atoms with Crippen LogP contribution in [0.3, 0.4) is 0 Å². The van der Waals surface area contributed by atoms with Crippen molar-refractivity contribution in [2.45, 2.75) is 63.9 Å². The Bertz CT molecular complexity index is 1060. The second-order valence-corrected chi connectivity index (χ2v) is 12.9. The van der Waals surface area contributed by atoms with E-state index in [1.807, 2.05) is 20.8 Å². The summed E-state index contributed by atoms with van der Waals surface area (Å²) in [7, 11) is 0. The van der Waals surface area contributed by atoms with Crippen LogP contribution in [0.25, 0.3) is 0 Å². The molecule has 1 aromatic carbocycles. The zero-order valence-corrected chi connectivity index (χ0v) is 23.8. The van der Waals surface area contributed by atoms with Crippen molar-refractivity contribution in [1.82, 2.24) is 14.7 Å². The van der Waals surface area contributed by atoms with Gasteiger partial charge >= 0.3 is 6.09 Å². The number of hydrogen-bond donors (Lipinski definition) is 0. The second-order valence-electron chi connectivity index (χ2n) is 11.5. The third kappa shape index (κ3) is 7.67. The smallest absolute Gasteiger partial charge is 0.410 e. The summed E-state index contributed by atoms with van der Waals surface area (Å²) in [6.45, 7) is 11.7. The minimum Gasteiger partial charge on any atom is -0.444 e. The highest BCUT2D eigenvalue weighted by Crippen LogP contribution is 2.40. The highest BCUT2D eigenvalue weighted by molar-refractivity contribution is 8.14. The number of piperazine rings is 1. The summed E-state index contributed by atoms with van der Waals surface area (Å²) in [6, 6.07) is 5.99. The van der Waals surface area contributed by atoms with Gasteiger partial charge in [0.2, 0.25) is 0 Å². The van der Waals surface area contributed by atoms with E-state index in [0.717, 1.165) is 37.9 Å². The van der Waals surface area contributed by atoms with Crippen LogP contribution in [0.4, 0.5) is 9.18 Å². The van der Waals surface area contributed by atoms with Crippen LogP contribution in [0, 0.1) is 11.7 Å². The van der Waals surface area contributed by atoms with Crippen LogP contribution in [0.5, 0.6) is 0 Å². The van der Waals surface area contributed by atoms with E-state index >= 15 is 0 Å². The van der Waals surface area contributed by atoms with Crippen molar-refractivity contribution < 1.29 is 23.5 Å². The van der Waals surface area contributed by atoms with Gasteiger partial charge in [-0.15, -0.1) is 0 Å². The van der Waals surface area contributed by atoms with Gasteiger partial charge < -0.3 is 9.64 Å². The summed E-state index contributed by atoms with van der Waals surface area (Å²) in [5, 5.41) is 0.115.